The molecule has 2 N–H and O–H groups in total. The van der Waals surface area contributed by atoms with E-state index in [0.29, 0.717) is 5.56 Å². The summed E-state index contributed by atoms with van der Waals surface area (Å²) in [7, 11) is 0. The van der Waals surface area contributed by atoms with Gasteiger partial charge in [-0.05, 0) is 61.2 Å². The van der Waals surface area contributed by atoms with E-state index in [9.17, 15) is 9.90 Å². The van der Waals surface area contributed by atoms with Gasteiger partial charge in [0.05, 0.1) is 6.21 Å². The molecular formula is C19H21N3O2. The first kappa shape index (κ1) is 16.1. The lowest BCUT2D eigenvalue weighted by Gasteiger charge is -2.28. The number of piperidine rings is 1. The molecule has 2 aromatic rings. The van der Waals surface area contributed by atoms with E-state index in [2.05, 4.69) is 27.6 Å². The minimum atomic E-state index is -0.309. The van der Waals surface area contributed by atoms with Crippen molar-refractivity contribution < 1.29 is 9.90 Å². The maximum Gasteiger partial charge on any atom is 0.271 e. The summed E-state index contributed by atoms with van der Waals surface area (Å²) in [5.41, 5.74) is 5.10. The SMILES string of the molecule is O=C(N/N=C\c1ccc(N2CCCCC2)cc1)c1ccc(O)cc1. The fraction of sp³-hybridized carbons (Fsp3) is 0.263. The van der Waals surface area contributed by atoms with Gasteiger partial charge in [-0.3, -0.25) is 4.79 Å². The molecule has 1 saturated heterocycles. The van der Waals surface area contributed by atoms with Gasteiger partial charge in [0.1, 0.15) is 5.75 Å². The van der Waals surface area contributed by atoms with E-state index in [1.165, 1.54) is 37.1 Å². The molecule has 1 aliphatic heterocycles. The van der Waals surface area contributed by atoms with Crippen LogP contribution in [0.1, 0.15) is 35.2 Å². The number of carbonyl (C=O) groups is 1. The number of rotatable bonds is 4. The number of aromatic hydroxyl groups is 1. The molecule has 0 atom stereocenters. The largest absolute Gasteiger partial charge is 0.508 e. The van der Waals surface area contributed by atoms with Gasteiger partial charge in [-0.1, -0.05) is 12.1 Å². The van der Waals surface area contributed by atoms with Crippen LogP contribution in [0.25, 0.3) is 0 Å². The van der Waals surface area contributed by atoms with Crippen molar-refractivity contribution in [3.05, 3.63) is 59.7 Å². The predicted octanol–water partition coefficient (Wildman–Crippen LogP) is 3.15. The van der Waals surface area contributed by atoms with Crippen LogP contribution in [0.4, 0.5) is 5.69 Å². The number of amides is 1. The Morgan fingerprint density at radius 1 is 1.00 bits per heavy atom. The molecule has 0 spiro atoms. The molecule has 0 aliphatic carbocycles. The van der Waals surface area contributed by atoms with Crippen molar-refractivity contribution >= 4 is 17.8 Å². The Kier molecular flexibility index (Phi) is 5.11. The Bertz CT molecular complexity index is 702. The molecule has 1 fully saturated rings. The van der Waals surface area contributed by atoms with Gasteiger partial charge in [0.2, 0.25) is 0 Å². The molecule has 0 radical (unpaired) electrons. The zero-order valence-electron chi connectivity index (χ0n) is 13.5. The number of hydrogen-bond acceptors (Lipinski definition) is 4. The van der Waals surface area contributed by atoms with Gasteiger partial charge < -0.3 is 10.0 Å². The van der Waals surface area contributed by atoms with Gasteiger partial charge in [-0.25, -0.2) is 5.43 Å². The minimum absolute atomic E-state index is 0.129. The number of phenols is 1. The number of benzene rings is 2. The first-order valence-corrected chi connectivity index (χ1v) is 8.20. The Balaban J connectivity index is 1.56. The topological polar surface area (TPSA) is 64.9 Å². The first-order valence-electron chi connectivity index (χ1n) is 8.20. The molecule has 0 aromatic heterocycles. The Hall–Kier alpha value is -2.82. The number of hydrogen-bond donors (Lipinski definition) is 2. The van der Waals surface area contributed by atoms with E-state index >= 15 is 0 Å². The van der Waals surface area contributed by atoms with Crippen LogP contribution in [0, 0.1) is 0 Å². The number of phenolic OH excluding ortho intramolecular Hbond substituents is 1. The first-order chi connectivity index (χ1) is 11.7. The summed E-state index contributed by atoms with van der Waals surface area (Å²) >= 11 is 0. The number of nitrogens with one attached hydrogen (secondary N) is 1. The quantitative estimate of drug-likeness (QED) is 0.671. The van der Waals surface area contributed by atoms with Crippen LogP contribution in [0.3, 0.4) is 0 Å². The standard InChI is InChI=1S/C19H21N3O2/c23-18-10-6-16(7-11-18)19(24)21-20-14-15-4-8-17(9-5-15)22-12-2-1-3-13-22/h4-11,14,23H,1-3,12-13H2,(H,21,24)/b20-14-. The lowest BCUT2D eigenvalue weighted by atomic mass is 10.1. The van der Waals surface area contributed by atoms with Gasteiger partial charge >= 0.3 is 0 Å². The fourth-order valence-electron chi connectivity index (χ4n) is 2.77. The van der Waals surface area contributed by atoms with Crippen molar-refractivity contribution in [1.82, 2.24) is 5.43 Å². The van der Waals surface area contributed by atoms with Crippen molar-refractivity contribution in [3.63, 3.8) is 0 Å². The molecule has 0 saturated carbocycles. The van der Waals surface area contributed by atoms with Crippen LogP contribution in [-0.4, -0.2) is 30.3 Å². The molecule has 124 valence electrons. The highest BCUT2D eigenvalue weighted by Gasteiger charge is 2.10. The van der Waals surface area contributed by atoms with Crippen LogP contribution < -0.4 is 10.3 Å². The molecule has 5 heteroatoms. The summed E-state index contributed by atoms with van der Waals surface area (Å²) in [5.74, 6) is -0.181. The van der Waals surface area contributed by atoms with Crippen LogP contribution >= 0.6 is 0 Å². The lowest BCUT2D eigenvalue weighted by Crippen LogP contribution is -2.29. The second kappa shape index (κ2) is 7.64. The highest BCUT2D eigenvalue weighted by molar-refractivity contribution is 5.95. The molecule has 1 aliphatic rings. The van der Waals surface area contributed by atoms with Crippen LogP contribution in [0.15, 0.2) is 53.6 Å². The average Bonchev–Trinajstić information content (AvgIpc) is 2.63. The highest BCUT2D eigenvalue weighted by Crippen LogP contribution is 2.19. The molecule has 1 amide bonds. The van der Waals surface area contributed by atoms with Gasteiger partial charge in [0, 0.05) is 24.3 Å². The second-order valence-electron chi connectivity index (χ2n) is 5.89. The van der Waals surface area contributed by atoms with Crippen molar-refractivity contribution in [1.29, 1.82) is 0 Å². The summed E-state index contributed by atoms with van der Waals surface area (Å²) in [4.78, 5) is 14.3. The number of anilines is 1. The van der Waals surface area contributed by atoms with Crippen molar-refractivity contribution in [3.8, 4) is 5.75 Å². The highest BCUT2D eigenvalue weighted by atomic mass is 16.3. The molecular weight excluding hydrogens is 302 g/mol. The molecule has 1 heterocycles. The van der Waals surface area contributed by atoms with Crippen molar-refractivity contribution in [2.75, 3.05) is 18.0 Å². The zero-order chi connectivity index (χ0) is 16.8. The summed E-state index contributed by atoms with van der Waals surface area (Å²) in [6, 6.07) is 14.2. The van der Waals surface area contributed by atoms with Crippen molar-refractivity contribution in [2.24, 2.45) is 5.10 Å². The minimum Gasteiger partial charge on any atom is -0.508 e. The third-order valence-electron chi connectivity index (χ3n) is 4.12. The Labute approximate surface area is 141 Å². The van der Waals surface area contributed by atoms with Crippen LogP contribution in [0.5, 0.6) is 5.75 Å². The van der Waals surface area contributed by atoms with Gasteiger partial charge in [-0.2, -0.15) is 5.10 Å². The van der Waals surface area contributed by atoms with E-state index < -0.39 is 0 Å². The Morgan fingerprint density at radius 3 is 2.33 bits per heavy atom. The lowest BCUT2D eigenvalue weighted by molar-refractivity contribution is 0.0955. The maximum atomic E-state index is 11.9. The molecule has 5 nitrogen and oxygen atoms in total. The van der Waals surface area contributed by atoms with E-state index in [1.807, 2.05) is 12.1 Å². The summed E-state index contributed by atoms with van der Waals surface area (Å²) < 4.78 is 0. The van der Waals surface area contributed by atoms with E-state index in [0.717, 1.165) is 18.7 Å². The zero-order valence-corrected chi connectivity index (χ0v) is 13.5. The van der Waals surface area contributed by atoms with Gasteiger partial charge in [0.25, 0.3) is 5.91 Å². The van der Waals surface area contributed by atoms with E-state index in [-0.39, 0.29) is 11.7 Å². The number of carbonyl (C=O) groups excluding carboxylic acids is 1. The van der Waals surface area contributed by atoms with Crippen molar-refractivity contribution in [2.45, 2.75) is 19.3 Å². The van der Waals surface area contributed by atoms with Crippen LogP contribution in [-0.2, 0) is 0 Å². The normalized spacial score (nSPS) is 14.8. The monoisotopic (exact) mass is 323 g/mol. The van der Waals surface area contributed by atoms with Crippen LogP contribution in [0.2, 0.25) is 0 Å². The number of hydrazone groups is 1. The maximum absolute atomic E-state index is 11.9. The van der Waals surface area contributed by atoms with E-state index in [4.69, 9.17) is 0 Å². The average molecular weight is 323 g/mol. The predicted molar refractivity (Wildman–Crippen MR) is 95.7 cm³/mol. The molecule has 3 rings (SSSR count). The molecule has 24 heavy (non-hydrogen) atoms. The van der Waals surface area contributed by atoms with Gasteiger partial charge in [0.15, 0.2) is 0 Å². The molecule has 0 unspecified atom stereocenters. The smallest absolute Gasteiger partial charge is 0.271 e. The number of nitrogens with zero attached hydrogens (tertiary/aromatic N) is 2. The van der Waals surface area contributed by atoms with Gasteiger partial charge in [-0.15, -0.1) is 0 Å². The summed E-state index contributed by atoms with van der Waals surface area (Å²) in [6.07, 6.45) is 5.46. The third-order valence-corrected chi connectivity index (χ3v) is 4.12. The molecule has 0 bridgehead atoms. The fourth-order valence-corrected chi connectivity index (χ4v) is 2.77. The summed E-state index contributed by atoms with van der Waals surface area (Å²) in [5, 5.41) is 13.2. The molecule has 2 aromatic carbocycles. The van der Waals surface area contributed by atoms with E-state index in [1.54, 1.807) is 18.3 Å². The second-order valence-corrected chi connectivity index (χ2v) is 5.89. The third kappa shape index (κ3) is 4.13. The summed E-state index contributed by atoms with van der Waals surface area (Å²) in [6.45, 7) is 2.24. The Morgan fingerprint density at radius 2 is 1.67 bits per heavy atom.